The molecule has 172 valence electrons. The molecule has 4 N–H and O–H groups in total. The van der Waals surface area contributed by atoms with E-state index in [9.17, 15) is 18.0 Å². The van der Waals surface area contributed by atoms with Crippen molar-refractivity contribution in [2.24, 2.45) is 5.14 Å². The van der Waals surface area contributed by atoms with Gasteiger partial charge in [-0.1, -0.05) is 0 Å². The summed E-state index contributed by atoms with van der Waals surface area (Å²) in [4.78, 5) is 23.4. The van der Waals surface area contributed by atoms with Gasteiger partial charge in [0.05, 0.1) is 12.0 Å². The minimum atomic E-state index is -3.93. The second kappa shape index (κ2) is 8.72. The highest BCUT2D eigenvalue weighted by Gasteiger charge is 2.26. The first-order chi connectivity index (χ1) is 15.7. The number of benzene rings is 2. The van der Waals surface area contributed by atoms with Crippen LogP contribution in [0.15, 0.2) is 47.5 Å². The molecule has 10 heteroatoms. The number of carboxylic acid groups (broad SMARTS) is 1. The zero-order valence-electron chi connectivity index (χ0n) is 17.9. The summed E-state index contributed by atoms with van der Waals surface area (Å²) in [5.41, 5.74) is 2.95. The third kappa shape index (κ3) is 4.62. The molecule has 0 radical (unpaired) electrons. The summed E-state index contributed by atoms with van der Waals surface area (Å²) in [5, 5.41) is 17.7. The number of anilines is 1. The molecular formula is C23H23N3O6S. The van der Waals surface area contributed by atoms with E-state index >= 15 is 0 Å². The Labute approximate surface area is 190 Å². The van der Waals surface area contributed by atoms with Crippen LogP contribution in [-0.2, 0) is 26.2 Å². The van der Waals surface area contributed by atoms with Gasteiger partial charge in [0.25, 0.3) is 5.91 Å². The molecule has 0 unspecified atom stereocenters. The summed E-state index contributed by atoms with van der Waals surface area (Å²) >= 11 is 0. The number of hydrogen-bond donors (Lipinski definition) is 3. The number of hydrogen-bond acceptors (Lipinski definition) is 5. The second-order valence-corrected chi connectivity index (χ2v) is 9.34. The number of ether oxygens (including phenoxy) is 1. The standard InChI is InChI=1S/C23H23N3O6S/c1-32-15-5-8-21-17(11-15)14(13-26(21)9-3-2-4-22(27)28)10-19-18-12-16(33(24,30)31)6-7-20(18)25-23(19)29/h5-8,10-13H,2-4,9H2,1H3,(H,25,29)(H,27,28)(H2,24,30,31)/b19-10-. The van der Waals surface area contributed by atoms with Gasteiger partial charge >= 0.3 is 5.97 Å². The molecule has 0 aliphatic carbocycles. The van der Waals surface area contributed by atoms with Crippen LogP contribution in [0.25, 0.3) is 22.6 Å². The monoisotopic (exact) mass is 469 g/mol. The number of aryl methyl sites for hydroxylation is 1. The van der Waals surface area contributed by atoms with Crippen molar-refractivity contribution in [1.82, 2.24) is 4.57 Å². The quantitative estimate of drug-likeness (QED) is 0.342. The molecule has 0 atom stereocenters. The average molecular weight is 470 g/mol. The van der Waals surface area contributed by atoms with Gasteiger partial charge < -0.3 is 19.7 Å². The number of nitrogens with one attached hydrogen (secondary N) is 1. The number of amides is 1. The lowest BCUT2D eigenvalue weighted by Crippen LogP contribution is -2.12. The van der Waals surface area contributed by atoms with E-state index in [1.807, 2.05) is 29.0 Å². The van der Waals surface area contributed by atoms with Crippen molar-refractivity contribution in [3.05, 3.63) is 53.7 Å². The smallest absolute Gasteiger partial charge is 0.303 e. The molecule has 2 aromatic carbocycles. The molecule has 1 amide bonds. The van der Waals surface area contributed by atoms with E-state index in [0.717, 1.165) is 16.5 Å². The maximum Gasteiger partial charge on any atom is 0.303 e. The Morgan fingerprint density at radius 3 is 2.70 bits per heavy atom. The van der Waals surface area contributed by atoms with E-state index in [-0.39, 0.29) is 17.2 Å². The van der Waals surface area contributed by atoms with Gasteiger partial charge in [-0.25, -0.2) is 13.6 Å². The van der Waals surface area contributed by atoms with Crippen molar-refractivity contribution in [3.63, 3.8) is 0 Å². The third-order valence-corrected chi connectivity index (χ3v) is 6.47. The highest BCUT2D eigenvalue weighted by atomic mass is 32.2. The number of carbonyl (C=O) groups excluding carboxylic acids is 1. The maximum atomic E-state index is 12.7. The van der Waals surface area contributed by atoms with Crippen LogP contribution in [0.1, 0.15) is 30.4 Å². The first kappa shape index (κ1) is 22.6. The molecule has 0 saturated heterocycles. The van der Waals surface area contributed by atoms with Crippen molar-refractivity contribution >= 4 is 50.1 Å². The summed E-state index contributed by atoms with van der Waals surface area (Å²) in [6.07, 6.45) is 4.94. The summed E-state index contributed by atoms with van der Waals surface area (Å²) < 4.78 is 31.0. The number of carboxylic acids is 1. The molecule has 9 nitrogen and oxygen atoms in total. The van der Waals surface area contributed by atoms with Crippen LogP contribution in [-0.4, -0.2) is 37.1 Å². The summed E-state index contributed by atoms with van der Waals surface area (Å²) in [5.74, 6) is -0.521. The Balaban J connectivity index is 1.78. The number of sulfonamides is 1. The van der Waals surface area contributed by atoms with Gasteiger partial charge in [0.15, 0.2) is 0 Å². The number of rotatable bonds is 8. The van der Waals surface area contributed by atoms with Crippen LogP contribution in [0.4, 0.5) is 5.69 Å². The Hall–Kier alpha value is -3.63. The topological polar surface area (TPSA) is 141 Å². The summed E-state index contributed by atoms with van der Waals surface area (Å²) in [6, 6.07) is 9.87. The van der Waals surface area contributed by atoms with E-state index < -0.39 is 16.0 Å². The highest BCUT2D eigenvalue weighted by molar-refractivity contribution is 7.89. The van der Waals surface area contributed by atoms with Crippen LogP contribution in [0.5, 0.6) is 5.75 Å². The number of primary sulfonamides is 1. The van der Waals surface area contributed by atoms with E-state index in [2.05, 4.69) is 5.32 Å². The molecule has 0 bridgehead atoms. The first-order valence-corrected chi connectivity index (χ1v) is 11.8. The number of aromatic nitrogens is 1. The van der Waals surface area contributed by atoms with Crippen LogP contribution in [0, 0.1) is 0 Å². The Kier molecular flexibility index (Phi) is 5.96. The molecule has 3 aromatic rings. The molecule has 1 aromatic heterocycles. The fourth-order valence-electron chi connectivity index (χ4n) is 3.93. The van der Waals surface area contributed by atoms with Crippen LogP contribution >= 0.6 is 0 Å². The van der Waals surface area contributed by atoms with E-state index in [1.165, 1.54) is 18.2 Å². The van der Waals surface area contributed by atoms with Crippen LogP contribution in [0.2, 0.25) is 0 Å². The lowest BCUT2D eigenvalue weighted by molar-refractivity contribution is -0.137. The number of carbonyl (C=O) groups is 2. The van der Waals surface area contributed by atoms with Gasteiger partial charge in [-0.3, -0.25) is 9.59 Å². The van der Waals surface area contributed by atoms with Crippen LogP contribution < -0.4 is 15.2 Å². The molecule has 0 fully saturated rings. The van der Waals surface area contributed by atoms with Crippen molar-refractivity contribution in [3.8, 4) is 5.75 Å². The molecule has 0 spiro atoms. The largest absolute Gasteiger partial charge is 0.497 e. The second-order valence-electron chi connectivity index (χ2n) is 7.78. The highest BCUT2D eigenvalue weighted by Crippen LogP contribution is 2.36. The van der Waals surface area contributed by atoms with Crippen molar-refractivity contribution in [2.45, 2.75) is 30.7 Å². The Morgan fingerprint density at radius 1 is 1.21 bits per heavy atom. The van der Waals surface area contributed by atoms with Crippen LogP contribution in [0.3, 0.4) is 0 Å². The zero-order chi connectivity index (χ0) is 23.8. The van der Waals surface area contributed by atoms with E-state index in [0.29, 0.717) is 42.0 Å². The van der Waals surface area contributed by atoms with Crippen molar-refractivity contribution in [1.29, 1.82) is 0 Å². The lowest BCUT2D eigenvalue weighted by Gasteiger charge is -2.05. The van der Waals surface area contributed by atoms with Gasteiger partial charge in [0.2, 0.25) is 10.0 Å². The summed E-state index contributed by atoms with van der Waals surface area (Å²) in [7, 11) is -2.36. The van der Waals surface area contributed by atoms with Gasteiger partial charge in [-0.2, -0.15) is 0 Å². The fourth-order valence-corrected chi connectivity index (χ4v) is 4.47. The average Bonchev–Trinajstić information content (AvgIpc) is 3.27. The first-order valence-electron chi connectivity index (χ1n) is 10.3. The minimum Gasteiger partial charge on any atom is -0.497 e. The number of aliphatic carboxylic acids is 1. The normalized spacial score (nSPS) is 14.5. The number of fused-ring (bicyclic) bond motifs is 2. The van der Waals surface area contributed by atoms with Gasteiger partial charge in [-0.05, 0) is 55.3 Å². The fraction of sp³-hybridized carbons (Fsp3) is 0.217. The lowest BCUT2D eigenvalue weighted by atomic mass is 10.0. The van der Waals surface area contributed by atoms with Gasteiger partial charge in [0.1, 0.15) is 5.75 Å². The minimum absolute atomic E-state index is 0.0776. The van der Waals surface area contributed by atoms with E-state index in [4.69, 9.17) is 15.0 Å². The molecule has 2 heterocycles. The van der Waals surface area contributed by atoms with E-state index in [1.54, 1.807) is 13.2 Å². The van der Waals surface area contributed by atoms with Gasteiger partial charge in [-0.15, -0.1) is 0 Å². The molecule has 0 saturated carbocycles. The third-order valence-electron chi connectivity index (χ3n) is 5.56. The molecule has 1 aliphatic rings. The predicted octanol–water partition coefficient (Wildman–Crippen LogP) is 3.04. The van der Waals surface area contributed by atoms with Crippen molar-refractivity contribution in [2.75, 3.05) is 12.4 Å². The van der Waals surface area contributed by atoms with Gasteiger partial charge in [0, 0.05) is 52.5 Å². The number of methoxy groups -OCH3 is 1. The molecular weight excluding hydrogens is 446 g/mol. The number of nitrogens with zero attached hydrogens (tertiary/aromatic N) is 1. The number of nitrogens with two attached hydrogens (primary N) is 1. The van der Waals surface area contributed by atoms with Crippen molar-refractivity contribution < 1.29 is 27.9 Å². The maximum absolute atomic E-state index is 12.7. The Bertz CT molecular complexity index is 1410. The molecule has 33 heavy (non-hydrogen) atoms. The molecule has 4 rings (SSSR count). The summed E-state index contributed by atoms with van der Waals surface area (Å²) in [6.45, 7) is 0.609. The number of unbranched alkanes of at least 4 members (excludes halogenated alkanes) is 1. The zero-order valence-corrected chi connectivity index (χ0v) is 18.7. The molecule has 1 aliphatic heterocycles. The Morgan fingerprint density at radius 2 is 2.00 bits per heavy atom. The predicted molar refractivity (Wildman–Crippen MR) is 124 cm³/mol. The SMILES string of the molecule is COc1ccc2c(c1)c(/C=C1\C(=O)Nc3ccc(S(N)(=O)=O)cc31)cn2CCCCC(=O)O.